The average molecular weight is 361 g/mol. The van der Waals surface area contributed by atoms with Crippen molar-refractivity contribution in [2.75, 3.05) is 0 Å². The zero-order valence-corrected chi connectivity index (χ0v) is 11.4. The van der Waals surface area contributed by atoms with Crippen molar-refractivity contribution >= 4 is 31.9 Å². The van der Waals surface area contributed by atoms with Gasteiger partial charge >= 0.3 is 6.18 Å². The Morgan fingerprint density at radius 2 is 1.62 bits per heavy atom. The Hall–Kier alpha value is -0.0700. The van der Waals surface area contributed by atoms with Crippen LogP contribution in [0.5, 0.6) is 0 Å². The van der Waals surface area contributed by atoms with E-state index in [1.54, 1.807) is 18.2 Å². The normalized spacial score (nSPS) is 13.9. The summed E-state index contributed by atoms with van der Waals surface area (Å²) in [6.45, 7) is 0. The lowest BCUT2D eigenvalue weighted by molar-refractivity contribution is -0.136. The average Bonchev–Trinajstić information content (AvgIpc) is 2.11. The van der Waals surface area contributed by atoms with E-state index in [4.69, 9.17) is 5.73 Å². The molecule has 0 heterocycles. The lowest BCUT2D eigenvalue weighted by Crippen LogP contribution is -2.15. The summed E-state index contributed by atoms with van der Waals surface area (Å²) in [4.78, 5) is 0. The molecule has 1 aromatic rings. The molecule has 90 valence electrons. The zero-order valence-electron chi connectivity index (χ0n) is 8.19. The van der Waals surface area contributed by atoms with Gasteiger partial charge in [-0.2, -0.15) is 13.2 Å². The Balaban J connectivity index is 2.69. The van der Waals surface area contributed by atoms with Crippen molar-refractivity contribution in [3.63, 3.8) is 0 Å². The van der Waals surface area contributed by atoms with Gasteiger partial charge in [-0.05, 0) is 30.2 Å². The summed E-state index contributed by atoms with van der Waals surface area (Å²) in [6.07, 6.45) is -5.12. The van der Waals surface area contributed by atoms with Crippen molar-refractivity contribution in [3.05, 3.63) is 32.7 Å². The molecular weight excluding hydrogens is 351 g/mol. The highest BCUT2D eigenvalue weighted by molar-refractivity contribution is 9.11. The summed E-state index contributed by atoms with van der Waals surface area (Å²) in [5.41, 5.74) is 6.38. The van der Waals surface area contributed by atoms with E-state index in [1.165, 1.54) is 0 Å². The Bertz CT molecular complexity index is 345. The second-order valence-electron chi connectivity index (χ2n) is 3.46. The van der Waals surface area contributed by atoms with Gasteiger partial charge < -0.3 is 5.73 Å². The van der Waals surface area contributed by atoms with E-state index in [2.05, 4.69) is 31.9 Å². The predicted octanol–water partition coefficient (Wildman–Crippen LogP) is 4.55. The van der Waals surface area contributed by atoms with Crippen LogP contribution in [-0.4, -0.2) is 6.18 Å². The van der Waals surface area contributed by atoms with Gasteiger partial charge in [0.2, 0.25) is 0 Å². The van der Waals surface area contributed by atoms with E-state index < -0.39 is 18.6 Å². The zero-order chi connectivity index (χ0) is 12.3. The third-order valence-corrected chi connectivity index (χ3v) is 2.97. The first-order valence-corrected chi connectivity index (χ1v) is 6.15. The highest BCUT2D eigenvalue weighted by Gasteiger charge is 2.27. The van der Waals surface area contributed by atoms with Crippen LogP contribution in [0.2, 0.25) is 0 Å². The number of halogens is 5. The second kappa shape index (κ2) is 5.51. The van der Waals surface area contributed by atoms with Crippen LogP contribution in [0.4, 0.5) is 13.2 Å². The van der Waals surface area contributed by atoms with Gasteiger partial charge in [0.15, 0.2) is 0 Å². The second-order valence-corrected chi connectivity index (χ2v) is 5.29. The van der Waals surface area contributed by atoms with Crippen molar-refractivity contribution in [2.45, 2.75) is 25.1 Å². The molecule has 0 aliphatic heterocycles. The minimum atomic E-state index is -4.15. The van der Waals surface area contributed by atoms with Crippen molar-refractivity contribution in [2.24, 2.45) is 5.73 Å². The van der Waals surface area contributed by atoms with Gasteiger partial charge in [-0.15, -0.1) is 0 Å². The standard InChI is InChI=1S/C10H10Br2F3N/c11-7-3-6(4-8(12)5-7)9(16)1-2-10(13,14)15/h3-5,9H,1-2,16H2. The third kappa shape index (κ3) is 4.84. The lowest BCUT2D eigenvalue weighted by atomic mass is 10.0. The van der Waals surface area contributed by atoms with Crippen LogP contribution in [0.15, 0.2) is 27.1 Å². The number of hydrogen-bond donors (Lipinski definition) is 1. The van der Waals surface area contributed by atoms with Crippen LogP contribution in [0.25, 0.3) is 0 Å². The van der Waals surface area contributed by atoms with Crippen molar-refractivity contribution in [1.82, 2.24) is 0 Å². The smallest absolute Gasteiger partial charge is 0.324 e. The van der Waals surface area contributed by atoms with Gasteiger partial charge in [0.05, 0.1) is 0 Å². The molecular formula is C10H10Br2F3N. The maximum absolute atomic E-state index is 12.0. The van der Waals surface area contributed by atoms with E-state index in [-0.39, 0.29) is 6.42 Å². The monoisotopic (exact) mass is 359 g/mol. The van der Waals surface area contributed by atoms with Crippen molar-refractivity contribution in [1.29, 1.82) is 0 Å². The highest BCUT2D eigenvalue weighted by atomic mass is 79.9. The van der Waals surface area contributed by atoms with E-state index in [0.29, 0.717) is 5.56 Å². The Morgan fingerprint density at radius 1 is 1.12 bits per heavy atom. The van der Waals surface area contributed by atoms with E-state index in [9.17, 15) is 13.2 Å². The first-order chi connectivity index (χ1) is 7.28. The molecule has 0 aliphatic carbocycles. The van der Waals surface area contributed by atoms with Gasteiger partial charge in [0.1, 0.15) is 0 Å². The molecule has 0 radical (unpaired) electrons. The van der Waals surface area contributed by atoms with Gasteiger partial charge in [-0.25, -0.2) is 0 Å². The highest BCUT2D eigenvalue weighted by Crippen LogP contribution is 2.29. The molecule has 0 saturated heterocycles. The first-order valence-electron chi connectivity index (χ1n) is 4.56. The van der Waals surface area contributed by atoms with Crippen molar-refractivity contribution < 1.29 is 13.2 Å². The quantitative estimate of drug-likeness (QED) is 0.840. The summed E-state index contributed by atoms with van der Waals surface area (Å²) in [6, 6.07) is 4.66. The van der Waals surface area contributed by atoms with Gasteiger partial charge in [-0.1, -0.05) is 31.9 Å². The van der Waals surface area contributed by atoms with Crippen molar-refractivity contribution in [3.8, 4) is 0 Å². The van der Waals surface area contributed by atoms with E-state index in [0.717, 1.165) is 8.95 Å². The fourth-order valence-electron chi connectivity index (χ4n) is 1.28. The first kappa shape index (κ1) is 14.0. The topological polar surface area (TPSA) is 26.0 Å². The SMILES string of the molecule is NC(CCC(F)(F)F)c1cc(Br)cc(Br)c1. The molecule has 0 amide bonds. The molecule has 0 spiro atoms. The Kier molecular flexibility index (Phi) is 4.82. The number of benzene rings is 1. The summed E-state index contributed by atoms with van der Waals surface area (Å²) in [7, 11) is 0. The summed E-state index contributed by atoms with van der Waals surface area (Å²) < 4.78 is 37.6. The molecule has 6 heteroatoms. The maximum Gasteiger partial charge on any atom is 0.389 e. The molecule has 1 nitrogen and oxygen atoms in total. The van der Waals surface area contributed by atoms with Crippen LogP contribution in [0.3, 0.4) is 0 Å². The van der Waals surface area contributed by atoms with Crippen LogP contribution >= 0.6 is 31.9 Å². The Labute approximate surface area is 108 Å². The lowest BCUT2D eigenvalue weighted by Gasteiger charge is -2.14. The molecule has 1 rings (SSSR count). The molecule has 0 bridgehead atoms. The minimum Gasteiger partial charge on any atom is -0.324 e. The van der Waals surface area contributed by atoms with Gasteiger partial charge in [0.25, 0.3) is 0 Å². The molecule has 0 fully saturated rings. The predicted molar refractivity (Wildman–Crippen MR) is 64.1 cm³/mol. The van der Waals surface area contributed by atoms with Gasteiger partial charge in [0, 0.05) is 21.4 Å². The van der Waals surface area contributed by atoms with Crippen LogP contribution < -0.4 is 5.73 Å². The summed E-state index contributed by atoms with van der Waals surface area (Å²) in [5, 5.41) is 0. The molecule has 0 aliphatic rings. The number of rotatable bonds is 3. The fourth-order valence-corrected chi connectivity index (χ4v) is 2.60. The van der Waals surface area contributed by atoms with E-state index in [1.807, 2.05) is 0 Å². The molecule has 16 heavy (non-hydrogen) atoms. The molecule has 0 aromatic heterocycles. The molecule has 0 saturated carbocycles. The summed E-state index contributed by atoms with van der Waals surface area (Å²) in [5.74, 6) is 0. The minimum absolute atomic E-state index is 0.105. The number of alkyl halides is 3. The third-order valence-electron chi connectivity index (χ3n) is 2.05. The Morgan fingerprint density at radius 3 is 2.06 bits per heavy atom. The molecule has 1 unspecified atom stereocenters. The molecule has 1 aromatic carbocycles. The van der Waals surface area contributed by atoms with E-state index >= 15 is 0 Å². The summed E-state index contributed by atoms with van der Waals surface area (Å²) >= 11 is 6.53. The fraction of sp³-hybridized carbons (Fsp3) is 0.400. The largest absolute Gasteiger partial charge is 0.389 e. The number of hydrogen-bond acceptors (Lipinski definition) is 1. The van der Waals surface area contributed by atoms with Crippen LogP contribution in [-0.2, 0) is 0 Å². The maximum atomic E-state index is 12.0. The van der Waals surface area contributed by atoms with Gasteiger partial charge in [-0.3, -0.25) is 0 Å². The number of nitrogens with two attached hydrogens (primary N) is 1. The van der Waals surface area contributed by atoms with Crippen LogP contribution in [0.1, 0.15) is 24.4 Å². The molecule has 1 atom stereocenters. The molecule has 2 N–H and O–H groups in total. The van der Waals surface area contributed by atoms with Crippen LogP contribution in [0, 0.1) is 0 Å².